The SMILES string of the molecule is NCC1CCCC1NC(=O)C1CCCN(C(=O)c2ccc(Cl)cc2)C1. The first-order valence-corrected chi connectivity index (χ1v) is 9.51. The van der Waals surface area contributed by atoms with E-state index in [1.54, 1.807) is 29.2 Å². The molecule has 1 aliphatic carbocycles. The Balaban J connectivity index is 1.59. The first-order chi connectivity index (χ1) is 12.1. The van der Waals surface area contributed by atoms with E-state index in [4.69, 9.17) is 17.3 Å². The molecule has 3 unspecified atom stereocenters. The minimum atomic E-state index is -0.135. The standard InChI is InChI=1S/C19H26ClN3O2/c20-16-8-6-13(7-9-16)19(25)23-10-2-4-15(12-23)18(24)22-17-5-1-3-14(17)11-21/h6-9,14-15,17H,1-5,10-12,21H2,(H,22,24). The van der Waals surface area contributed by atoms with Gasteiger partial charge in [0.2, 0.25) is 5.91 Å². The second-order valence-corrected chi connectivity index (χ2v) is 7.58. The van der Waals surface area contributed by atoms with Gasteiger partial charge in [0.25, 0.3) is 5.91 Å². The minimum absolute atomic E-state index is 0.0325. The summed E-state index contributed by atoms with van der Waals surface area (Å²) in [4.78, 5) is 27.1. The molecule has 2 aliphatic rings. The van der Waals surface area contributed by atoms with Gasteiger partial charge < -0.3 is 16.0 Å². The highest BCUT2D eigenvalue weighted by Crippen LogP contribution is 2.26. The van der Waals surface area contributed by atoms with Gasteiger partial charge in [0.05, 0.1) is 5.92 Å². The number of hydrogen-bond acceptors (Lipinski definition) is 3. The molecule has 25 heavy (non-hydrogen) atoms. The summed E-state index contributed by atoms with van der Waals surface area (Å²) >= 11 is 5.88. The number of halogens is 1. The van der Waals surface area contributed by atoms with Crippen molar-refractivity contribution in [1.29, 1.82) is 0 Å². The zero-order valence-electron chi connectivity index (χ0n) is 14.4. The predicted octanol–water partition coefficient (Wildman–Crippen LogP) is 2.44. The zero-order valence-corrected chi connectivity index (χ0v) is 15.2. The largest absolute Gasteiger partial charge is 0.353 e. The van der Waals surface area contributed by atoms with E-state index >= 15 is 0 Å². The van der Waals surface area contributed by atoms with E-state index in [2.05, 4.69) is 5.32 Å². The molecule has 0 aromatic heterocycles. The van der Waals surface area contributed by atoms with E-state index in [0.717, 1.165) is 32.1 Å². The van der Waals surface area contributed by atoms with E-state index in [9.17, 15) is 9.59 Å². The molecular formula is C19H26ClN3O2. The van der Waals surface area contributed by atoms with Crippen LogP contribution in [0.2, 0.25) is 5.02 Å². The molecule has 2 fully saturated rings. The van der Waals surface area contributed by atoms with Crippen molar-refractivity contribution in [3.05, 3.63) is 34.9 Å². The summed E-state index contributed by atoms with van der Waals surface area (Å²) < 4.78 is 0. The Kier molecular flexibility index (Phi) is 5.97. The molecule has 1 aliphatic heterocycles. The van der Waals surface area contributed by atoms with Crippen molar-refractivity contribution in [3.8, 4) is 0 Å². The monoisotopic (exact) mass is 363 g/mol. The van der Waals surface area contributed by atoms with E-state index in [-0.39, 0.29) is 23.8 Å². The van der Waals surface area contributed by atoms with Gasteiger partial charge >= 0.3 is 0 Å². The Morgan fingerprint density at radius 3 is 2.64 bits per heavy atom. The number of nitrogens with one attached hydrogen (secondary N) is 1. The number of nitrogens with two attached hydrogens (primary N) is 1. The predicted molar refractivity (Wildman–Crippen MR) is 98.4 cm³/mol. The maximum absolute atomic E-state index is 12.7. The summed E-state index contributed by atoms with van der Waals surface area (Å²) in [6.45, 7) is 1.80. The zero-order chi connectivity index (χ0) is 17.8. The lowest BCUT2D eigenvalue weighted by Gasteiger charge is -2.33. The van der Waals surface area contributed by atoms with Crippen LogP contribution < -0.4 is 11.1 Å². The van der Waals surface area contributed by atoms with Crippen molar-refractivity contribution < 1.29 is 9.59 Å². The summed E-state index contributed by atoms with van der Waals surface area (Å²) in [7, 11) is 0. The van der Waals surface area contributed by atoms with Crippen LogP contribution in [-0.2, 0) is 4.79 Å². The van der Waals surface area contributed by atoms with Crippen molar-refractivity contribution in [3.63, 3.8) is 0 Å². The van der Waals surface area contributed by atoms with Crippen LogP contribution >= 0.6 is 11.6 Å². The van der Waals surface area contributed by atoms with Crippen molar-refractivity contribution >= 4 is 23.4 Å². The fourth-order valence-electron chi connectivity index (χ4n) is 3.96. The van der Waals surface area contributed by atoms with Gasteiger partial charge in [-0.25, -0.2) is 0 Å². The lowest BCUT2D eigenvalue weighted by Crippen LogP contribution is -2.48. The van der Waals surface area contributed by atoms with Gasteiger partial charge in [-0.2, -0.15) is 0 Å². The van der Waals surface area contributed by atoms with Crippen molar-refractivity contribution in [2.24, 2.45) is 17.6 Å². The number of hydrogen-bond donors (Lipinski definition) is 2. The van der Waals surface area contributed by atoms with Crippen LogP contribution in [0.15, 0.2) is 24.3 Å². The minimum Gasteiger partial charge on any atom is -0.353 e. The number of rotatable bonds is 4. The lowest BCUT2D eigenvalue weighted by molar-refractivity contribution is -0.127. The van der Waals surface area contributed by atoms with Crippen LogP contribution in [0, 0.1) is 11.8 Å². The molecule has 0 bridgehead atoms. The fraction of sp³-hybridized carbons (Fsp3) is 0.579. The Morgan fingerprint density at radius 1 is 1.16 bits per heavy atom. The topological polar surface area (TPSA) is 75.4 Å². The number of benzene rings is 1. The van der Waals surface area contributed by atoms with Gasteiger partial charge in [-0.15, -0.1) is 0 Å². The van der Waals surface area contributed by atoms with Gasteiger partial charge in [0.15, 0.2) is 0 Å². The van der Waals surface area contributed by atoms with Gasteiger partial charge in [0.1, 0.15) is 0 Å². The highest BCUT2D eigenvalue weighted by atomic mass is 35.5. The Labute approximate surface area is 153 Å². The summed E-state index contributed by atoms with van der Waals surface area (Å²) in [6.07, 6.45) is 4.90. The van der Waals surface area contributed by atoms with Gasteiger partial charge in [-0.1, -0.05) is 18.0 Å². The summed E-state index contributed by atoms with van der Waals surface area (Å²) in [5.41, 5.74) is 6.42. The van der Waals surface area contributed by atoms with E-state index < -0.39 is 0 Å². The van der Waals surface area contributed by atoms with E-state index in [1.165, 1.54) is 0 Å². The molecule has 1 saturated carbocycles. The number of amides is 2. The molecule has 0 spiro atoms. The number of likely N-dealkylation sites (tertiary alicyclic amines) is 1. The maximum atomic E-state index is 12.7. The van der Waals surface area contributed by atoms with Crippen LogP contribution in [0.25, 0.3) is 0 Å². The lowest BCUT2D eigenvalue weighted by atomic mass is 9.95. The highest BCUT2D eigenvalue weighted by Gasteiger charge is 2.33. The molecule has 5 nitrogen and oxygen atoms in total. The Hall–Kier alpha value is -1.59. The molecule has 3 N–H and O–H groups in total. The molecule has 2 amide bonds. The number of nitrogens with zero attached hydrogens (tertiary/aromatic N) is 1. The van der Waals surface area contributed by atoms with Crippen molar-refractivity contribution in [2.75, 3.05) is 19.6 Å². The molecule has 3 atom stereocenters. The first-order valence-electron chi connectivity index (χ1n) is 9.13. The first kappa shape index (κ1) is 18.2. The molecule has 1 saturated heterocycles. The van der Waals surface area contributed by atoms with E-state index in [1.807, 2.05) is 0 Å². The highest BCUT2D eigenvalue weighted by molar-refractivity contribution is 6.30. The molecule has 1 aromatic carbocycles. The van der Waals surface area contributed by atoms with Crippen LogP contribution in [0.1, 0.15) is 42.5 Å². The number of piperidine rings is 1. The Morgan fingerprint density at radius 2 is 1.92 bits per heavy atom. The number of carbonyl (C=O) groups excluding carboxylic acids is 2. The summed E-state index contributed by atoms with van der Waals surface area (Å²) in [6, 6.07) is 7.10. The molecule has 1 aromatic rings. The van der Waals surface area contributed by atoms with Crippen molar-refractivity contribution in [1.82, 2.24) is 10.2 Å². The van der Waals surface area contributed by atoms with Gasteiger partial charge in [-0.3, -0.25) is 9.59 Å². The van der Waals surface area contributed by atoms with Gasteiger partial charge in [-0.05, 0) is 62.4 Å². The molecule has 0 radical (unpaired) electrons. The third-order valence-electron chi connectivity index (χ3n) is 5.46. The third kappa shape index (κ3) is 4.33. The van der Waals surface area contributed by atoms with Crippen LogP contribution in [0.4, 0.5) is 0 Å². The van der Waals surface area contributed by atoms with Crippen LogP contribution in [0.5, 0.6) is 0 Å². The molecule has 3 rings (SSSR count). The van der Waals surface area contributed by atoms with E-state index in [0.29, 0.717) is 36.1 Å². The molecular weight excluding hydrogens is 338 g/mol. The van der Waals surface area contributed by atoms with Gasteiger partial charge in [0, 0.05) is 29.7 Å². The van der Waals surface area contributed by atoms with Crippen LogP contribution in [0.3, 0.4) is 0 Å². The maximum Gasteiger partial charge on any atom is 0.253 e. The van der Waals surface area contributed by atoms with Crippen LogP contribution in [-0.4, -0.2) is 42.4 Å². The summed E-state index contributed by atoms with van der Waals surface area (Å²) in [5, 5.41) is 3.79. The third-order valence-corrected chi connectivity index (χ3v) is 5.71. The quantitative estimate of drug-likeness (QED) is 0.862. The summed E-state index contributed by atoms with van der Waals surface area (Å²) in [5.74, 6) is 0.289. The molecule has 1 heterocycles. The second-order valence-electron chi connectivity index (χ2n) is 7.14. The average Bonchev–Trinajstić information content (AvgIpc) is 3.09. The number of carbonyl (C=O) groups is 2. The molecule has 136 valence electrons. The van der Waals surface area contributed by atoms with Crippen molar-refractivity contribution in [2.45, 2.75) is 38.1 Å². The Bertz CT molecular complexity index is 620. The smallest absolute Gasteiger partial charge is 0.253 e. The fourth-order valence-corrected chi connectivity index (χ4v) is 4.09. The molecule has 6 heteroatoms. The normalized spacial score (nSPS) is 26.5. The second kappa shape index (κ2) is 8.19. The average molecular weight is 364 g/mol.